The number of hydrogen-bond acceptors (Lipinski definition) is 3. The van der Waals surface area contributed by atoms with Gasteiger partial charge < -0.3 is 10.5 Å². The summed E-state index contributed by atoms with van der Waals surface area (Å²) in [4.78, 5) is 11.7. The number of anilines is 1. The molecular formula is C13H17ClN2O2. The maximum atomic E-state index is 11.7. The lowest BCUT2D eigenvalue weighted by atomic mass is 9.94. The smallest absolute Gasteiger partial charge is 0.411 e. The average molecular weight is 269 g/mol. The summed E-state index contributed by atoms with van der Waals surface area (Å²) in [5, 5.41) is 3.14. The number of para-hydroxylation sites is 1. The summed E-state index contributed by atoms with van der Waals surface area (Å²) in [6, 6.07) is 7.32. The van der Waals surface area contributed by atoms with Crippen molar-refractivity contribution in [1.29, 1.82) is 0 Å². The normalized spacial score (nSPS) is 23.4. The molecule has 1 saturated carbocycles. The molecule has 0 unspecified atom stereocenters. The van der Waals surface area contributed by atoms with Crippen LogP contribution >= 0.6 is 11.6 Å². The molecule has 0 spiro atoms. The Balaban J connectivity index is 1.84. The Morgan fingerprint density at radius 3 is 2.61 bits per heavy atom. The minimum atomic E-state index is -0.455. The van der Waals surface area contributed by atoms with Crippen molar-refractivity contribution in [3.05, 3.63) is 29.3 Å². The topological polar surface area (TPSA) is 64.3 Å². The fraction of sp³-hybridized carbons (Fsp3) is 0.462. The minimum absolute atomic E-state index is 0.0349. The first-order valence-electron chi connectivity index (χ1n) is 6.13. The lowest BCUT2D eigenvalue weighted by Crippen LogP contribution is -2.32. The van der Waals surface area contributed by atoms with Crippen molar-refractivity contribution < 1.29 is 9.53 Å². The average Bonchev–Trinajstić information content (AvgIpc) is 2.35. The molecule has 3 N–H and O–H groups in total. The van der Waals surface area contributed by atoms with E-state index < -0.39 is 6.09 Å². The maximum absolute atomic E-state index is 11.7. The molecule has 4 nitrogen and oxygen atoms in total. The SMILES string of the molecule is NC1CCC(OC(=O)Nc2ccccc2Cl)CC1. The van der Waals surface area contributed by atoms with E-state index >= 15 is 0 Å². The third-order valence-corrected chi connectivity index (χ3v) is 3.43. The van der Waals surface area contributed by atoms with Gasteiger partial charge in [0, 0.05) is 6.04 Å². The van der Waals surface area contributed by atoms with Gasteiger partial charge in [0.1, 0.15) is 6.10 Å². The molecule has 2 rings (SSSR count). The Morgan fingerprint density at radius 1 is 1.28 bits per heavy atom. The Bertz CT molecular complexity index is 417. The van der Waals surface area contributed by atoms with Crippen LogP contribution < -0.4 is 11.1 Å². The van der Waals surface area contributed by atoms with E-state index in [9.17, 15) is 4.79 Å². The van der Waals surface area contributed by atoms with Crippen LogP contribution in [0.3, 0.4) is 0 Å². The van der Waals surface area contributed by atoms with E-state index in [4.69, 9.17) is 22.1 Å². The minimum Gasteiger partial charge on any atom is -0.446 e. The van der Waals surface area contributed by atoms with Crippen LogP contribution in [0.1, 0.15) is 25.7 Å². The molecule has 0 aromatic heterocycles. The van der Waals surface area contributed by atoms with Crippen molar-refractivity contribution >= 4 is 23.4 Å². The van der Waals surface area contributed by atoms with Crippen LogP contribution in [0.4, 0.5) is 10.5 Å². The molecule has 18 heavy (non-hydrogen) atoms. The van der Waals surface area contributed by atoms with E-state index in [1.165, 1.54) is 0 Å². The summed E-state index contributed by atoms with van der Waals surface area (Å²) >= 11 is 5.94. The molecule has 0 atom stereocenters. The molecule has 1 aliphatic carbocycles. The highest BCUT2D eigenvalue weighted by molar-refractivity contribution is 6.33. The second-order valence-corrected chi connectivity index (χ2v) is 4.95. The van der Waals surface area contributed by atoms with Crippen molar-refractivity contribution in [2.75, 3.05) is 5.32 Å². The number of benzene rings is 1. The quantitative estimate of drug-likeness (QED) is 0.866. The highest BCUT2D eigenvalue weighted by Crippen LogP contribution is 2.23. The van der Waals surface area contributed by atoms with Crippen LogP contribution in [-0.2, 0) is 4.74 Å². The number of halogens is 1. The van der Waals surface area contributed by atoms with E-state index in [0.717, 1.165) is 25.7 Å². The molecule has 1 aliphatic rings. The van der Waals surface area contributed by atoms with Crippen molar-refractivity contribution in [1.82, 2.24) is 0 Å². The highest BCUT2D eigenvalue weighted by Gasteiger charge is 2.21. The van der Waals surface area contributed by atoms with Gasteiger partial charge in [-0.25, -0.2) is 4.79 Å². The molecule has 0 saturated heterocycles. The second-order valence-electron chi connectivity index (χ2n) is 4.55. The molecule has 0 heterocycles. The van der Waals surface area contributed by atoms with Gasteiger partial charge in [-0.05, 0) is 37.8 Å². The summed E-state index contributed by atoms with van der Waals surface area (Å²) in [5.41, 5.74) is 6.36. The van der Waals surface area contributed by atoms with Crippen LogP contribution in [0.15, 0.2) is 24.3 Å². The van der Waals surface area contributed by atoms with Gasteiger partial charge in [-0.15, -0.1) is 0 Å². The molecule has 0 bridgehead atoms. The van der Waals surface area contributed by atoms with Gasteiger partial charge in [-0.1, -0.05) is 23.7 Å². The highest BCUT2D eigenvalue weighted by atomic mass is 35.5. The fourth-order valence-corrected chi connectivity index (χ4v) is 2.24. The van der Waals surface area contributed by atoms with E-state index in [-0.39, 0.29) is 12.1 Å². The van der Waals surface area contributed by atoms with Crippen LogP contribution in [0, 0.1) is 0 Å². The maximum Gasteiger partial charge on any atom is 0.411 e. The summed E-state index contributed by atoms with van der Waals surface area (Å²) < 4.78 is 5.33. The zero-order valence-electron chi connectivity index (χ0n) is 10.1. The zero-order valence-corrected chi connectivity index (χ0v) is 10.8. The van der Waals surface area contributed by atoms with Crippen LogP contribution in [-0.4, -0.2) is 18.2 Å². The zero-order chi connectivity index (χ0) is 13.0. The Labute approximate surface area is 111 Å². The van der Waals surface area contributed by atoms with Crippen LogP contribution in [0.2, 0.25) is 5.02 Å². The first kappa shape index (κ1) is 13.2. The van der Waals surface area contributed by atoms with E-state index in [0.29, 0.717) is 10.7 Å². The van der Waals surface area contributed by atoms with Crippen molar-refractivity contribution in [3.63, 3.8) is 0 Å². The Kier molecular flexibility index (Phi) is 4.44. The number of hydrogen-bond donors (Lipinski definition) is 2. The number of carbonyl (C=O) groups is 1. The number of ether oxygens (including phenoxy) is 1. The van der Waals surface area contributed by atoms with Crippen molar-refractivity contribution in [2.45, 2.75) is 37.8 Å². The molecule has 1 aromatic rings. The summed E-state index contributed by atoms with van der Waals surface area (Å²) in [5.74, 6) is 0. The monoisotopic (exact) mass is 268 g/mol. The van der Waals surface area contributed by atoms with E-state index in [2.05, 4.69) is 5.32 Å². The number of rotatable bonds is 2. The van der Waals surface area contributed by atoms with Gasteiger partial charge in [0.15, 0.2) is 0 Å². The van der Waals surface area contributed by atoms with E-state index in [1.807, 2.05) is 0 Å². The molecule has 5 heteroatoms. The van der Waals surface area contributed by atoms with Gasteiger partial charge in [-0.2, -0.15) is 0 Å². The summed E-state index contributed by atoms with van der Waals surface area (Å²) in [7, 11) is 0. The standard InChI is InChI=1S/C13H17ClN2O2/c14-11-3-1-2-4-12(11)16-13(17)18-10-7-5-9(15)6-8-10/h1-4,9-10H,5-8,15H2,(H,16,17). The van der Waals surface area contributed by atoms with Crippen molar-refractivity contribution in [3.8, 4) is 0 Å². The predicted molar refractivity (Wildman–Crippen MR) is 71.8 cm³/mol. The van der Waals surface area contributed by atoms with Crippen molar-refractivity contribution in [2.24, 2.45) is 5.73 Å². The van der Waals surface area contributed by atoms with Gasteiger partial charge >= 0.3 is 6.09 Å². The lowest BCUT2D eigenvalue weighted by molar-refractivity contribution is 0.0826. The Hall–Kier alpha value is -1.26. The molecule has 0 aliphatic heterocycles. The summed E-state index contributed by atoms with van der Waals surface area (Å²) in [6.07, 6.45) is 2.98. The van der Waals surface area contributed by atoms with Crippen LogP contribution in [0.5, 0.6) is 0 Å². The molecular weight excluding hydrogens is 252 g/mol. The molecule has 1 fully saturated rings. The number of carbonyl (C=O) groups excluding carboxylic acids is 1. The predicted octanol–water partition coefficient (Wildman–Crippen LogP) is 3.16. The second kappa shape index (κ2) is 6.07. The fourth-order valence-electron chi connectivity index (χ4n) is 2.06. The molecule has 98 valence electrons. The largest absolute Gasteiger partial charge is 0.446 e. The molecule has 0 radical (unpaired) electrons. The first-order valence-corrected chi connectivity index (χ1v) is 6.50. The third-order valence-electron chi connectivity index (χ3n) is 3.10. The lowest BCUT2D eigenvalue weighted by Gasteiger charge is -2.25. The van der Waals surface area contributed by atoms with Gasteiger partial charge in [0.25, 0.3) is 0 Å². The Morgan fingerprint density at radius 2 is 1.94 bits per heavy atom. The number of nitrogens with one attached hydrogen (secondary N) is 1. The van der Waals surface area contributed by atoms with Crippen LogP contribution in [0.25, 0.3) is 0 Å². The van der Waals surface area contributed by atoms with Gasteiger partial charge in [-0.3, -0.25) is 5.32 Å². The third kappa shape index (κ3) is 3.62. The molecule has 1 amide bonds. The van der Waals surface area contributed by atoms with Gasteiger partial charge in [0.2, 0.25) is 0 Å². The first-order chi connectivity index (χ1) is 8.65. The number of nitrogens with two attached hydrogens (primary N) is 1. The van der Waals surface area contributed by atoms with E-state index in [1.54, 1.807) is 24.3 Å². The van der Waals surface area contributed by atoms with Gasteiger partial charge in [0.05, 0.1) is 10.7 Å². The number of amides is 1. The molecule has 1 aromatic carbocycles. The summed E-state index contributed by atoms with van der Waals surface area (Å²) in [6.45, 7) is 0.